The van der Waals surface area contributed by atoms with Crippen molar-refractivity contribution >= 4 is 28.4 Å². The van der Waals surface area contributed by atoms with Crippen LogP contribution >= 0.6 is 0 Å². The number of benzene rings is 2. The number of aromatic nitrogens is 3. The van der Waals surface area contributed by atoms with Crippen molar-refractivity contribution in [1.29, 1.82) is 5.26 Å². The van der Waals surface area contributed by atoms with Crippen molar-refractivity contribution in [3.05, 3.63) is 71.8 Å². The van der Waals surface area contributed by atoms with Gasteiger partial charge in [0, 0.05) is 23.6 Å². The zero-order valence-electron chi connectivity index (χ0n) is 16.4. The standard InChI is InChI=1S/C22H18N6O2/c1-13-9-15(4-6-21(13)30-18-7-8-24-17(10-18)12-23)27-22(29)28-16-3-5-19-20(11-16)26-14(2)25-19/h3-11H,1-2H3,(H,25,26)(H2,27,28,29). The number of hydrogen-bond acceptors (Lipinski definition) is 5. The number of hydrogen-bond donors (Lipinski definition) is 3. The fourth-order valence-corrected chi connectivity index (χ4v) is 3.01. The molecule has 0 bridgehead atoms. The van der Waals surface area contributed by atoms with E-state index in [-0.39, 0.29) is 11.7 Å². The maximum Gasteiger partial charge on any atom is 0.323 e. The van der Waals surface area contributed by atoms with E-state index < -0.39 is 0 Å². The Morgan fingerprint density at radius 1 is 1.07 bits per heavy atom. The highest BCUT2D eigenvalue weighted by atomic mass is 16.5. The molecule has 0 spiro atoms. The lowest BCUT2D eigenvalue weighted by Gasteiger charge is -2.12. The third kappa shape index (κ3) is 4.20. The molecule has 0 aliphatic carbocycles. The number of carbonyl (C=O) groups is 1. The monoisotopic (exact) mass is 398 g/mol. The summed E-state index contributed by atoms with van der Waals surface area (Å²) in [6.45, 7) is 3.76. The Morgan fingerprint density at radius 3 is 2.60 bits per heavy atom. The zero-order valence-corrected chi connectivity index (χ0v) is 16.4. The third-order valence-electron chi connectivity index (χ3n) is 4.36. The Kier molecular flexibility index (Phi) is 5.01. The van der Waals surface area contributed by atoms with Crippen LogP contribution in [0.15, 0.2) is 54.7 Å². The van der Waals surface area contributed by atoms with Gasteiger partial charge in [0.1, 0.15) is 29.1 Å². The number of nitrogens with one attached hydrogen (secondary N) is 3. The van der Waals surface area contributed by atoms with Gasteiger partial charge in [-0.3, -0.25) is 0 Å². The van der Waals surface area contributed by atoms with Crippen molar-refractivity contribution in [2.24, 2.45) is 0 Å². The summed E-state index contributed by atoms with van der Waals surface area (Å²) in [5, 5.41) is 14.6. The molecular formula is C22H18N6O2. The van der Waals surface area contributed by atoms with Crippen LogP contribution in [0.5, 0.6) is 11.5 Å². The van der Waals surface area contributed by atoms with Gasteiger partial charge in [0.15, 0.2) is 0 Å². The summed E-state index contributed by atoms with van der Waals surface area (Å²) in [4.78, 5) is 23.8. The molecule has 2 aromatic heterocycles. The number of aromatic amines is 1. The van der Waals surface area contributed by atoms with Gasteiger partial charge < -0.3 is 20.4 Å². The van der Waals surface area contributed by atoms with E-state index in [0.29, 0.717) is 22.9 Å². The molecular weight excluding hydrogens is 380 g/mol. The van der Waals surface area contributed by atoms with Gasteiger partial charge in [-0.25, -0.2) is 14.8 Å². The maximum atomic E-state index is 12.4. The van der Waals surface area contributed by atoms with Crippen LogP contribution in [0, 0.1) is 25.2 Å². The van der Waals surface area contributed by atoms with Gasteiger partial charge in [0.25, 0.3) is 0 Å². The van der Waals surface area contributed by atoms with Crippen LogP contribution in [-0.2, 0) is 0 Å². The number of fused-ring (bicyclic) bond motifs is 1. The van der Waals surface area contributed by atoms with Crippen LogP contribution < -0.4 is 15.4 Å². The first-order valence-electron chi connectivity index (χ1n) is 9.19. The van der Waals surface area contributed by atoms with Gasteiger partial charge in [-0.1, -0.05) is 0 Å². The first kappa shape index (κ1) is 19.0. The molecule has 3 N–H and O–H groups in total. The van der Waals surface area contributed by atoms with Gasteiger partial charge in [-0.15, -0.1) is 0 Å². The van der Waals surface area contributed by atoms with Crippen LogP contribution in [0.2, 0.25) is 0 Å². The summed E-state index contributed by atoms with van der Waals surface area (Å²) < 4.78 is 5.82. The summed E-state index contributed by atoms with van der Waals surface area (Å²) >= 11 is 0. The molecule has 0 fully saturated rings. The highest BCUT2D eigenvalue weighted by Crippen LogP contribution is 2.27. The molecule has 2 amide bonds. The summed E-state index contributed by atoms with van der Waals surface area (Å²) in [5.74, 6) is 1.96. The number of imidazole rings is 1. The average Bonchev–Trinajstić information content (AvgIpc) is 3.09. The highest BCUT2D eigenvalue weighted by Gasteiger charge is 2.08. The van der Waals surface area contributed by atoms with E-state index in [1.807, 2.05) is 38.1 Å². The molecule has 0 aliphatic heterocycles. The Balaban J connectivity index is 1.43. The van der Waals surface area contributed by atoms with Crippen molar-refractivity contribution in [3.63, 3.8) is 0 Å². The molecule has 0 radical (unpaired) electrons. The lowest BCUT2D eigenvalue weighted by molar-refractivity contribution is 0.262. The normalized spacial score (nSPS) is 10.4. The number of pyridine rings is 1. The Morgan fingerprint density at radius 2 is 1.83 bits per heavy atom. The van der Waals surface area contributed by atoms with Crippen LogP contribution in [-0.4, -0.2) is 21.0 Å². The summed E-state index contributed by atoms with van der Waals surface area (Å²) in [7, 11) is 0. The van der Waals surface area contributed by atoms with E-state index in [2.05, 4.69) is 25.6 Å². The minimum Gasteiger partial charge on any atom is -0.457 e. The Bertz CT molecular complexity index is 1290. The molecule has 0 unspecified atom stereocenters. The van der Waals surface area contributed by atoms with Crippen molar-refractivity contribution < 1.29 is 9.53 Å². The van der Waals surface area contributed by atoms with E-state index in [1.165, 1.54) is 6.20 Å². The summed E-state index contributed by atoms with van der Waals surface area (Å²) in [6, 6.07) is 15.7. The van der Waals surface area contributed by atoms with Crippen molar-refractivity contribution in [2.45, 2.75) is 13.8 Å². The number of carbonyl (C=O) groups excluding carboxylic acids is 1. The molecule has 0 saturated heterocycles. The molecule has 0 saturated carbocycles. The van der Waals surface area contributed by atoms with Crippen molar-refractivity contribution in [3.8, 4) is 17.6 Å². The topological polar surface area (TPSA) is 116 Å². The number of nitrogens with zero attached hydrogens (tertiary/aromatic N) is 3. The van der Waals surface area contributed by atoms with E-state index in [0.717, 1.165) is 22.4 Å². The summed E-state index contributed by atoms with van der Waals surface area (Å²) in [6.07, 6.45) is 1.52. The molecule has 30 heavy (non-hydrogen) atoms. The number of ether oxygens (including phenoxy) is 1. The quantitative estimate of drug-likeness (QED) is 0.453. The van der Waals surface area contributed by atoms with Crippen molar-refractivity contribution in [1.82, 2.24) is 15.0 Å². The smallest absolute Gasteiger partial charge is 0.323 e. The minimum atomic E-state index is -0.355. The van der Waals surface area contributed by atoms with Gasteiger partial charge in [-0.05, 0) is 61.9 Å². The number of urea groups is 1. The summed E-state index contributed by atoms with van der Waals surface area (Å²) in [5.41, 5.74) is 4.11. The van der Waals surface area contributed by atoms with Gasteiger partial charge in [0.2, 0.25) is 0 Å². The minimum absolute atomic E-state index is 0.281. The zero-order chi connectivity index (χ0) is 21.1. The molecule has 2 aromatic carbocycles. The van der Waals surface area contributed by atoms with Crippen LogP contribution in [0.4, 0.5) is 16.2 Å². The van der Waals surface area contributed by atoms with Gasteiger partial charge >= 0.3 is 6.03 Å². The lowest BCUT2D eigenvalue weighted by atomic mass is 10.2. The first-order chi connectivity index (χ1) is 14.5. The second-order valence-corrected chi connectivity index (χ2v) is 6.70. The Labute approximate surface area is 172 Å². The largest absolute Gasteiger partial charge is 0.457 e. The molecule has 148 valence electrons. The fraction of sp³-hybridized carbons (Fsp3) is 0.0909. The predicted octanol–water partition coefficient (Wildman–Crippen LogP) is 4.88. The lowest BCUT2D eigenvalue weighted by Crippen LogP contribution is -2.19. The second-order valence-electron chi connectivity index (χ2n) is 6.70. The highest BCUT2D eigenvalue weighted by molar-refractivity contribution is 6.00. The number of amides is 2. The number of rotatable bonds is 4. The van der Waals surface area contributed by atoms with Gasteiger partial charge in [0.05, 0.1) is 11.0 Å². The van der Waals surface area contributed by atoms with E-state index in [9.17, 15) is 4.79 Å². The molecule has 4 aromatic rings. The first-order valence-corrected chi connectivity index (χ1v) is 9.19. The van der Waals surface area contributed by atoms with Crippen molar-refractivity contribution in [2.75, 3.05) is 10.6 Å². The van der Waals surface area contributed by atoms with Gasteiger partial charge in [-0.2, -0.15) is 5.26 Å². The number of H-pyrrole nitrogens is 1. The second kappa shape index (κ2) is 7.93. The molecule has 8 heteroatoms. The van der Waals surface area contributed by atoms with E-state index >= 15 is 0 Å². The Hall–Kier alpha value is -4.38. The number of aryl methyl sites for hydroxylation is 2. The third-order valence-corrected chi connectivity index (χ3v) is 4.36. The fourth-order valence-electron chi connectivity index (χ4n) is 3.01. The molecule has 0 aliphatic rings. The molecule has 8 nitrogen and oxygen atoms in total. The van der Waals surface area contributed by atoms with Crippen LogP contribution in [0.25, 0.3) is 11.0 Å². The van der Waals surface area contributed by atoms with E-state index in [1.54, 1.807) is 30.3 Å². The number of anilines is 2. The molecule has 2 heterocycles. The maximum absolute atomic E-state index is 12.4. The molecule has 0 atom stereocenters. The SMILES string of the molecule is Cc1nc2ccc(NC(=O)Nc3ccc(Oc4ccnc(C#N)c4)c(C)c3)cc2[nH]1. The average molecular weight is 398 g/mol. The van der Waals surface area contributed by atoms with Crippen LogP contribution in [0.3, 0.4) is 0 Å². The predicted molar refractivity (Wildman–Crippen MR) is 114 cm³/mol. The number of nitriles is 1. The van der Waals surface area contributed by atoms with E-state index in [4.69, 9.17) is 10.00 Å². The van der Waals surface area contributed by atoms with Crippen LogP contribution in [0.1, 0.15) is 17.1 Å². The molecule has 4 rings (SSSR count).